The first-order valence-electron chi connectivity index (χ1n) is 7.14. The van der Waals surface area contributed by atoms with Gasteiger partial charge in [0.15, 0.2) is 5.44 Å². The van der Waals surface area contributed by atoms with Crippen LogP contribution in [0, 0.1) is 0 Å². The van der Waals surface area contributed by atoms with Gasteiger partial charge < -0.3 is 24.5 Å². The molecule has 0 bridgehead atoms. The Morgan fingerprint density at radius 1 is 1.16 bits per heavy atom. The third kappa shape index (κ3) is 3.61. The highest BCUT2D eigenvalue weighted by Crippen LogP contribution is 2.36. The quantitative estimate of drug-likeness (QED) is 0.678. The van der Waals surface area contributed by atoms with Gasteiger partial charge in [0, 0.05) is 23.3 Å². The molecule has 1 saturated heterocycles. The van der Waals surface area contributed by atoms with Crippen molar-refractivity contribution in [3.05, 3.63) is 40.2 Å². The van der Waals surface area contributed by atoms with Crippen molar-refractivity contribution < 1.29 is 37.6 Å². The lowest BCUT2D eigenvalue weighted by Gasteiger charge is -2.34. The van der Waals surface area contributed by atoms with Crippen LogP contribution in [-0.4, -0.2) is 44.8 Å². The molecule has 0 spiro atoms. The van der Waals surface area contributed by atoms with Gasteiger partial charge >= 0.3 is 11.8 Å². The number of alkyl halides is 3. The molecule has 1 aromatic carbocycles. The van der Waals surface area contributed by atoms with E-state index in [0.29, 0.717) is 6.07 Å². The third-order valence-electron chi connectivity index (χ3n) is 3.73. The van der Waals surface area contributed by atoms with E-state index in [0.717, 1.165) is 23.9 Å². The summed E-state index contributed by atoms with van der Waals surface area (Å²) in [4.78, 5) is 11.4. The number of hydrogen-bond donors (Lipinski definition) is 3. The molecule has 2 aromatic rings. The Morgan fingerprint density at radius 2 is 1.88 bits per heavy atom. The second-order valence-electron chi connectivity index (χ2n) is 5.50. The van der Waals surface area contributed by atoms with Crippen LogP contribution in [0.4, 0.5) is 13.2 Å². The zero-order valence-electron chi connectivity index (χ0n) is 12.4. The molecular formula is C15H13F3O6S. The number of fused-ring (bicyclic) bond motifs is 1. The van der Waals surface area contributed by atoms with E-state index in [1.165, 1.54) is 6.07 Å². The smallest absolute Gasteiger partial charge is 0.417 e. The molecule has 0 saturated carbocycles. The summed E-state index contributed by atoms with van der Waals surface area (Å²) in [6, 6.07) is 3.82. The molecule has 6 nitrogen and oxygen atoms in total. The van der Waals surface area contributed by atoms with Gasteiger partial charge in [0.05, 0.1) is 11.7 Å². The van der Waals surface area contributed by atoms with E-state index >= 15 is 0 Å². The maximum absolute atomic E-state index is 13.0. The zero-order chi connectivity index (χ0) is 18.4. The first-order valence-corrected chi connectivity index (χ1v) is 8.19. The summed E-state index contributed by atoms with van der Waals surface area (Å²) in [5, 5.41) is 28.7. The van der Waals surface area contributed by atoms with E-state index in [1.54, 1.807) is 0 Å². The van der Waals surface area contributed by atoms with Crippen molar-refractivity contribution in [1.29, 1.82) is 0 Å². The van der Waals surface area contributed by atoms with Crippen LogP contribution in [0.25, 0.3) is 11.0 Å². The van der Waals surface area contributed by atoms with Crippen molar-refractivity contribution in [3.63, 3.8) is 0 Å². The minimum absolute atomic E-state index is 0.0510. The van der Waals surface area contributed by atoms with E-state index < -0.39 is 41.1 Å². The average Bonchev–Trinajstić information content (AvgIpc) is 2.53. The third-order valence-corrected chi connectivity index (χ3v) is 4.97. The fourth-order valence-corrected chi connectivity index (χ4v) is 3.59. The summed E-state index contributed by atoms with van der Waals surface area (Å²) in [5.41, 5.74) is -3.51. The minimum atomic E-state index is -4.72. The molecule has 136 valence electrons. The predicted octanol–water partition coefficient (Wildman–Crippen LogP) is 1.35. The number of thioether (sulfide) groups is 1. The number of halogens is 3. The standard InChI is InChI=1S/C15H13F3O6S/c16-15(17,18)8-4-11(20)24-10-3-6(1-2-7(8)10)23-14-13(22)12(21)9(19)5-25-14/h1-4,9,12-14,19,21-22H,5H2/t9-,12+,13-,14-/m1/s1. The monoisotopic (exact) mass is 378 g/mol. The van der Waals surface area contributed by atoms with Gasteiger partial charge in [-0.2, -0.15) is 13.2 Å². The van der Waals surface area contributed by atoms with E-state index in [2.05, 4.69) is 0 Å². The average molecular weight is 378 g/mol. The Balaban J connectivity index is 1.93. The Hall–Kier alpha value is -1.75. The molecule has 0 radical (unpaired) electrons. The molecular weight excluding hydrogens is 365 g/mol. The number of ether oxygens (including phenoxy) is 1. The van der Waals surface area contributed by atoms with Crippen molar-refractivity contribution in [1.82, 2.24) is 0 Å². The number of benzene rings is 1. The van der Waals surface area contributed by atoms with Crippen LogP contribution in [0.1, 0.15) is 5.56 Å². The van der Waals surface area contributed by atoms with E-state index in [4.69, 9.17) is 9.15 Å². The number of aliphatic hydroxyl groups excluding tert-OH is 3. The molecule has 1 aliphatic rings. The summed E-state index contributed by atoms with van der Waals surface area (Å²) >= 11 is 1.04. The fourth-order valence-electron chi connectivity index (χ4n) is 2.47. The van der Waals surface area contributed by atoms with Crippen LogP contribution in [0.15, 0.2) is 33.5 Å². The summed E-state index contributed by atoms with van der Waals surface area (Å²) in [6.07, 6.45) is -8.62. The van der Waals surface area contributed by atoms with Crippen LogP contribution >= 0.6 is 11.8 Å². The summed E-state index contributed by atoms with van der Waals surface area (Å²) in [7, 11) is 0. The van der Waals surface area contributed by atoms with Gasteiger partial charge in [-0.3, -0.25) is 0 Å². The molecule has 4 atom stereocenters. The predicted molar refractivity (Wildman–Crippen MR) is 82.4 cm³/mol. The topological polar surface area (TPSA) is 100 Å². The maximum Gasteiger partial charge on any atom is 0.417 e. The van der Waals surface area contributed by atoms with Crippen LogP contribution in [0.3, 0.4) is 0 Å². The molecule has 1 aromatic heterocycles. The van der Waals surface area contributed by atoms with Gasteiger partial charge in [0.2, 0.25) is 0 Å². The molecule has 3 rings (SSSR count). The van der Waals surface area contributed by atoms with Crippen LogP contribution in [0.5, 0.6) is 5.75 Å². The molecule has 3 N–H and O–H groups in total. The van der Waals surface area contributed by atoms with E-state index in [9.17, 15) is 33.3 Å². The van der Waals surface area contributed by atoms with Crippen LogP contribution < -0.4 is 10.4 Å². The largest absolute Gasteiger partial charge is 0.477 e. The summed E-state index contributed by atoms with van der Waals surface area (Å²) in [5.74, 6) is 0.166. The molecule has 0 amide bonds. The molecule has 1 aliphatic heterocycles. The Labute approximate surface area is 142 Å². The first-order chi connectivity index (χ1) is 11.7. The highest BCUT2D eigenvalue weighted by Gasteiger charge is 2.39. The number of rotatable bonds is 2. The van der Waals surface area contributed by atoms with Crippen molar-refractivity contribution in [2.45, 2.75) is 29.9 Å². The lowest BCUT2D eigenvalue weighted by molar-refractivity contribution is -0.136. The molecule has 0 unspecified atom stereocenters. The minimum Gasteiger partial charge on any atom is -0.477 e. The van der Waals surface area contributed by atoms with Gasteiger partial charge in [0.1, 0.15) is 23.5 Å². The lowest BCUT2D eigenvalue weighted by Crippen LogP contribution is -2.50. The molecule has 2 heterocycles. The van der Waals surface area contributed by atoms with Gasteiger partial charge in [-0.05, 0) is 12.1 Å². The van der Waals surface area contributed by atoms with Gasteiger partial charge in [-0.25, -0.2) is 4.79 Å². The number of hydrogen-bond acceptors (Lipinski definition) is 7. The normalized spacial score (nSPS) is 27.4. The second-order valence-corrected chi connectivity index (χ2v) is 6.63. The van der Waals surface area contributed by atoms with Crippen LogP contribution in [-0.2, 0) is 6.18 Å². The second kappa shape index (κ2) is 6.52. The SMILES string of the molecule is O=c1cc(C(F)(F)F)c2ccc(O[C@@H]3SC[C@@H](O)[C@H](O)[C@H]3O)cc2o1. The van der Waals surface area contributed by atoms with Crippen molar-refractivity contribution >= 4 is 22.7 Å². The highest BCUT2D eigenvalue weighted by molar-refractivity contribution is 7.99. The number of aliphatic hydroxyl groups is 3. The van der Waals surface area contributed by atoms with Crippen molar-refractivity contribution in [2.24, 2.45) is 0 Å². The Morgan fingerprint density at radius 3 is 2.56 bits per heavy atom. The maximum atomic E-state index is 13.0. The van der Waals surface area contributed by atoms with Gasteiger partial charge in [0.25, 0.3) is 0 Å². The van der Waals surface area contributed by atoms with Crippen LogP contribution in [0.2, 0.25) is 0 Å². The Kier molecular flexibility index (Phi) is 4.71. The Bertz CT molecular complexity index is 836. The zero-order valence-corrected chi connectivity index (χ0v) is 13.3. The summed E-state index contributed by atoms with van der Waals surface area (Å²) < 4.78 is 49.3. The van der Waals surface area contributed by atoms with Crippen molar-refractivity contribution in [2.75, 3.05) is 5.75 Å². The van der Waals surface area contributed by atoms with Gasteiger partial charge in [-0.1, -0.05) is 0 Å². The fraction of sp³-hybridized carbons (Fsp3) is 0.400. The first kappa shape index (κ1) is 18.1. The van der Waals surface area contributed by atoms with E-state index in [-0.39, 0.29) is 22.5 Å². The van der Waals surface area contributed by atoms with E-state index in [1.807, 2.05) is 0 Å². The summed E-state index contributed by atoms with van der Waals surface area (Å²) in [6.45, 7) is 0. The van der Waals surface area contributed by atoms with Crippen molar-refractivity contribution in [3.8, 4) is 5.75 Å². The molecule has 0 aliphatic carbocycles. The molecule has 1 fully saturated rings. The molecule has 25 heavy (non-hydrogen) atoms. The lowest BCUT2D eigenvalue weighted by atomic mass is 10.1. The van der Waals surface area contributed by atoms with Gasteiger partial charge in [-0.15, -0.1) is 11.8 Å². The molecule has 10 heteroatoms. The highest BCUT2D eigenvalue weighted by atomic mass is 32.2.